The van der Waals surface area contributed by atoms with Gasteiger partial charge in [-0.05, 0) is 48.2 Å². The van der Waals surface area contributed by atoms with Crippen molar-refractivity contribution in [2.75, 3.05) is 0 Å². The van der Waals surface area contributed by atoms with Crippen LogP contribution < -0.4 is 10.1 Å². The predicted octanol–water partition coefficient (Wildman–Crippen LogP) is 4.72. The molecule has 4 rings (SSSR count). The molecule has 6 heteroatoms. The summed E-state index contributed by atoms with van der Waals surface area (Å²) in [7, 11) is 0. The third-order valence-corrected chi connectivity index (χ3v) is 5.71. The molecular weight excluding hydrogens is 380 g/mol. The second kappa shape index (κ2) is 8.11. The molecule has 2 aromatic carbocycles. The SMILES string of the molecule is O=C(Cc1csc(COc2ccc(Cl)cc2)n1)NC1CCc2ccccc21. The number of hydrogen-bond acceptors (Lipinski definition) is 4. The molecule has 0 bridgehead atoms. The van der Waals surface area contributed by atoms with Gasteiger partial charge in [0.05, 0.1) is 18.2 Å². The van der Waals surface area contributed by atoms with Crippen LogP contribution in [-0.4, -0.2) is 10.9 Å². The molecule has 1 heterocycles. The summed E-state index contributed by atoms with van der Waals surface area (Å²) in [4.78, 5) is 16.9. The summed E-state index contributed by atoms with van der Waals surface area (Å²) in [5.74, 6) is 0.751. The van der Waals surface area contributed by atoms with Gasteiger partial charge in [-0.1, -0.05) is 35.9 Å². The molecule has 1 unspecified atom stereocenters. The van der Waals surface area contributed by atoms with Crippen LogP contribution in [0.25, 0.3) is 0 Å². The highest BCUT2D eigenvalue weighted by Crippen LogP contribution is 2.30. The molecule has 27 heavy (non-hydrogen) atoms. The zero-order valence-corrected chi connectivity index (χ0v) is 16.2. The zero-order chi connectivity index (χ0) is 18.6. The van der Waals surface area contributed by atoms with Crippen molar-refractivity contribution in [3.8, 4) is 5.75 Å². The average molecular weight is 399 g/mol. The fourth-order valence-electron chi connectivity index (χ4n) is 3.29. The van der Waals surface area contributed by atoms with E-state index in [2.05, 4.69) is 22.4 Å². The number of hydrogen-bond donors (Lipinski definition) is 1. The highest BCUT2D eigenvalue weighted by molar-refractivity contribution is 7.09. The molecule has 1 amide bonds. The van der Waals surface area contributed by atoms with Gasteiger partial charge in [0, 0.05) is 10.4 Å². The molecule has 1 aromatic heterocycles. The van der Waals surface area contributed by atoms with Gasteiger partial charge in [-0.25, -0.2) is 4.98 Å². The molecule has 0 radical (unpaired) electrons. The average Bonchev–Trinajstić information content (AvgIpc) is 3.29. The van der Waals surface area contributed by atoms with Crippen LogP contribution in [0.2, 0.25) is 5.02 Å². The smallest absolute Gasteiger partial charge is 0.226 e. The van der Waals surface area contributed by atoms with Crippen LogP contribution in [0.1, 0.15) is 34.3 Å². The number of benzene rings is 2. The lowest BCUT2D eigenvalue weighted by atomic mass is 10.1. The number of aromatic nitrogens is 1. The van der Waals surface area contributed by atoms with E-state index >= 15 is 0 Å². The van der Waals surface area contributed by atoms with Crippen LogP contribution in [0.15, 0.2) is 53.9 Å². The van der Waals surface area contributed by atoms with Gasteiger partial charge >= 0.3 is 0 Å². The molecule has 1 N–H and O–H groups in total. The van der Waals surface area contributed by atoms with Crippen molar-refractivity contribution in [3.05, 3.63) is 80.8 Å². The van der Waals surface area contributed by atoms with Gasteiger partial charge in [-0.15, -0.1) is 11.3 Å². The van der Waals surface area contributed by atoms with E-state index in [1.807, 2.05) is 29.6 Å². The van der Waals surface area contributed by atoms with E-state index in [4.69, 9.17) is 16.3 Å². The molecule has 1 aliphatic carbocycles. The Hall–Kier alpha value is -2.37. The number of amides is 1. The lowest BCUT2D eigenvalue weighted by Gasteiger charge is -2.13. The van der Waals surface area contributed by atoms with E-state index in [9.17, 15) is 4.79 Å². The number of nitrogens with zero attached hydrogens (tertiary/aromatic N) is 1. The summed E-state index contributed by atoms with van der Waals surface area (Å²) < 4.78 is 5.70. The van der Waals surface area contributed by atoms with Gasteiger partial charge in [0.2, 0.25) is 5.91 Å². The first-order valence-corrected chi connectivity index (χ1v) is 10.1. The number of carbonyl (C=O) groups excluding carboxylic acids is 1. The van der Waals surface area contributed by atoms with Crippen LogP contribution >= 0.6 is 22.9 Å². The number of halogens is 1. The zero-order valence-electron chi connectivity index (χ0n) is 14.7. The van der Waals surface area contributed by atoms with Gasteiger partial charge in [0.25, 0.3) is 0 Å². The highest BCUT2D eigenvalue weighted by Gasteiger charge is 2.23. The van der Waals surface area contributed by atoms with E-state index in [0.717, 1.165) is 29.3 Å². The quantitative estimate of drug-likeness (QED) is 0.653. The molecule has 0 saturated carbocycles. The monoisotopic (exact) mass is 398 g/mol. The molecule has 4 nitrogen and oxygen atoms in total. The molecule has 1 atom stereocenters. The Morgan fingerprint density at radius 3 is 2.89 bits per heavy atom. The summed E-state index contributed by atoms with van der Waals surface area (Å²) in [5.41, 5.74) is 3.35. The summed E-state index contributed by atoms with van der Waals surface area (Å²) in [5, 5.41) is 6.58. The molecule has 0 aliphatic heterocycles. The van der Waals surface area contributed by atoms with Crippen molar-refractivity contribution in [1.82, 2.24) is 10.3 Å². The Kier molecular flexibility index (Phi) is 5.41. The first kappa shape index (κ1) is 18.0. The summed E-state index contributed by atoms with van der Waals surface area (Å²) in [6, 6.07) is 15.6. The lowest BCUT2D eigenvalue weighted by molar-refractivity contribution is -0.121. The van der Waals surface area contributed by atoms with Crippen LogP contribution in [0.3, 0.4) is 0 Å². The Morgan fingerprint density at radius 2 is 2.04 bits per heavy atom. The van der Waals surface area contributed by atoms with Crippen LogP contribution in [0.4, 0.5) is 0 Å². The van der Waals surface area contributed by atoms with E-state index in [0.29, 0.717) is 11.6 Å². The fraction of sp³-hybridized carbons (Fsp3) is 0.238. The van der Waals surface area contributed by atoms with Crippen molar-refractivity contribution in [1.29, 1.82) is 0 Å². The van der Waals surface area contributed by atoms with Crippen LogP contribution in [-0.2, 0) is 24.2 Å². The Balaban J connectivity index is 1.30. The Labute approximate surface area is 167 Å². The topological polar surface area (TPSA) is 51.2 Å². The number of thiazole rings is 1. The van der Waals surface area contributed by atoms with Gasteiger partial charge < -0.3 is 10.1 Å². The maximum atomic E-state index is 12.4. The molecule has 0 saturated heterocycles. The second-order valence-corrected chi connectivity index (χ2v) is 7.89. The number of aryl methyl sites for hydroxylation is 1. The largest absolute Gasteiger partial charge is 0.486 e. The standard InChI is InChI=1S/C21H19ClN2O2S/c22-15-6-8-17(9-7-15)26-12-21-23-16(13-27-21)11-20(25)24-19-10-5-14-3-1-2-4-18(14)19/h1-4,6-9,13,19H,5,10-12H2,(H,24,25). The molecule has 0 fully saturated rings. The first-order valence-electron chi connectivity index (χ1n) is 8.86. The van der Waals surface area contributed by atoms with Crippen molar-refractivity contribution in [2.45, 2.75) is 31.9 Å². The third-order valence-electron chi connectivity index (χ3n) is 4.59. The molecule has 3 aromatic rings. The predicted molar refractivity (Wildman–Crippen MR) is 107 cm³/mol. The van der Waals surface area contributed by atoms with E-state index in [1.165, 1.54) is 22.5 Å². The number of nitrogens with one attached hydrogen (secondary N) is 1. The van der Waals surface area contributed by atoms with Gasteiger partial charge in [-0.2, -0.15) is 0 Å². The maximum absolute atomic E-state index is 12.4. The van der Waals surface area contributed by atoms with Crippen LogP contribution in [0, 0.1) is 0 Å². The summed E-state index contributed by atoms with van der Waals surface area (Å²) >= 11 is 7.37. The van der Waals surface area contributed by atoms with Crippen molar-refractivity contribution in [2.24, 2.45) is 0 Å². The minimum Gasteiger partial charge on any atom is -0.486 e. The second-order valence-electron chi connectivity index (χ2n) is 6.51. The van der Waals surface area contributed by atoms with E-state index < -0.39 is 0 Å². The van der Waals surface area contributed by atoms with E-state index in [1.54, 1.807) is 12.1 Å². The minimum absolute atomic E-state index is 0.00664. The van der Waals surface area contributed by atoms with Gasteiger partial charge in [0.15, 0.2) is 0 Å². The molecule has 1 aliphatic rings. The number of rotatable bonds is 6. The number of fused-ring (bicyclic) bond motifs is 1. The highest BCUT2D eigenvalue weighted by atomic mass is 35.5. The lowest BCUT2D eigenvalue weighted by Crippen LogP contribution is -2.28. The van der Waals surface area contributed by atoms with Gasteiger partial charge in [-0.3, -0.25) is 4.79 Å². The summed E-state index contributed by atoms with van der Waals surface area (Å²) in [6.07, 6.45) is 2.27. The Morgan fingerprint density at radius 1 is 1.22 bits per heavy atom. The van der Waals surface area contributed by atoms with Crippen molar-refractivity contribution in [3.63, 3.8) is 0 Å². The maximum Gasteiger partial charge on any atom is 0.226 e. The van der Waals surface area contributed by atoms with E-state index in [-0.39, 0.29) is 18.4 Å². The molecular formula is C21H19ClN2O2S. The minimum atomic E-state index is 0.00664. The Bertz CT molecular complexity index is 939. The van der Waals surface area contributed by atoms with Crippen LogP contribution in [0.5, 0.6) is 5.75 Å². The number of carbonyl (C=O) groups is 1. The van der Waals surface area contributed by atoms with Gasteiger partial charge in [0.1, 0.15) is 17.4 Å². The number of ether oxygens (including phenoxy) is 1. The first-order chi connectivity index (χ1) is 13.2. The van der Waals surface area contributed by atoms with Crippen molar-refractivity contribution >= 4 is 28.8 Å². The molecule has 138 valence electrons. The normalized spacial score (nSPS) is 15.4. The van der Waals surface area contributed by atoms with Crippen molar-refractivity contribution < 1.29 is 9.53 Å². The third kappa shape index (κ3) is 4.49. The molecule has 0 spiro atoms. The summed E-state index contributed by atoms with van der Waals surface area (Å²) in [6.45, 7) is 0.379. The fourth-order valence-corrected chi connectivity index (χ4v) is 4.12.